The first-order valence-electron chi connectivity index (χ1n) is 9.86. The van der Waals surface area contributed by atoms with Gasteiger partial charge in [-0.05, 0) is 25.8 Å². The van der Waals surface area contributed by atoms with Crippen LogP contribution in [0.2, 0.25) is 0 Å². The number of aromatic nitrogens is 5. The number of carboxylic acid groups (broad SMARTS) is 1. The third-order valence-electron chi connectivity index (χ3n) is 4.73. The number of aromatic amines is 1. The SMILES string of the molecule is CCCCCCC/C=C/c1cc(=O)n2[nH]c(-c3nccnc3C)c(C(=O)O)c2n1. The minimum absolute atomic E-state index is 0.0626. The molecule has 0 saturated carbocycles. The molecule has 0 atom stereocenters. The normalized spacial score (nSPS) is 11.5. The lowest BCUT2D eigenvalue weighted by Gasteiger charge is -2.01. The number of rotatable bonds is 9. The first-order valence-corrected chi connectivity index (χ1v) is 9.86. The van der Waals surface area contributed by atoms with Crippen LogP contribution in [0.25, 0.3) is 23.1 Å². The number of carboxylic acids is 1. The number of unbranched alkanes of at least 4 members (excludes halogenated alkanes) is 5. The van der Waals surface area contributed by atoms with Crippen LogP contribution in [0.1, 0.15) is 67.2 Å². The topological polar surface area (TPSA) is 113 Å². The summed E-state index contributed by atoms with van der Waals surface area (Å²) in [6.45, 7) is 3.91. The smallest absolute Gasteiger partial charge is 0.341 e. The van der Waals surface area contributed by atoms with Gasteiger partial charge in [-0.15, -0.1) is 0 Å². The molecule has 29 heavy (non-hydrogen) atoms. The standard InChI is InChI=1S/C21H25N5O3/c1-3-4-5-6-7-8-9-10-15-13-16(27)26-20(24-15)17(21(28)29)19(25-26)18-14(2)22-11-12-23-18/h9-13,25H,3-8H2,1-2H3,(H,28,29)/b10-9+. The van der Waals surface area contributed by atoms with E-state index in [1.165, 1.54) is 44.1 Å². The lowest BCUT2D eigenvalue weighted by molar-refractivity contribution is 0.0699. The van der Waals surface area contributed by atoms with Crippen LogP contribution in [-0.2, 0) is 0 Å². The molecular weight excluding hydrogens is 370 g/mol. The molecule has 3 aromatic heterocycles. The lowest BCUT2D eigenvalue weighted by atomic mass is 10.1. The second kappa shape index (κ2) is 9.27. The largest absolute Gasteiger partial charge is 0.477 e. The average molecular weight is 395 g/mol. The zero-order valence-corrected chi connectivity index (χ0v) is 16.7. The Bertz CT molecular complexity index is 1100. The maximum absolute atomic E-state index is 12.5. The molecule has 0 bridgehead atoms. The third-order valence-corrected chi connectivity index (χ3v) is 4.73. The van der Waals surface area contributed by atoms with E-state index in [0.717, 1.165) is 17.4 Å². The molecule has 0 unspecified atom stereocenters. The summed E-state index contributed by atoms with van der Waals surface area (Å²) in [6.07, 6.45) is 13.6. The van der Waals surface area contributed by atoms with Crippen molar-refractivity contribution in [3.63, 3.8) is 0 Å². The lowest BCUT2D eigenvalue weighted by Crippen LogP contribution is -2.15. The van der Waals surface area contributed by atoms with Gasteiger partial charge < -0.3 is 5.11 Å². The van der Waals surface area contributed by atoms with Crippen molar-refractivity contribution < 1.29 is 9.90 Å². The Hall–Kier alpha value is -3.29. The fraction of sp³-hybridized carbons (Fsp3) is 0.381. The van der Waals surface area contributed by atoms with Crippen LogP contribution in [0.15, 0.2) is 29.3 Å². The van der Waals surface area contributed by atoms with Crippen molar-refractivity contribution in [1.82, 2.24) is 24.6 Å². The number of aromatic carboxylic acids is 1. The molecule has 3 aromatic rings. The fourth-order valence-electron chi connectivity index (χ4n) is 3.24. The second-order valence-corrected chi connectivity index (χ2v) is 6.94. The van der Waals surface area contributed by atoms with E-state index in [0.29, 0.717) is 17.1 Å². The van der Waals surface area contributed by atoms with Crippen LogP contribution >= 0.6 is 0 Å². The maximum atomic E-state index is 12.5. The van der Waals surface area contributed by atoms with E-state index in [1.807, 2.05) is 6.08 Å². The highest BCUT2D eigenvalue weighted by Gasteiger charge is 2.24. The second-order valence-electron chi connectivity index (χ2n) is 6.94. The molecule has 0 radical (unpaired) electrons. The van der Waals surface area contributed by atoms with Gasteiger partial charge in [0.25, 0.3) is 5.56 Å². The molecule has 3 rings (SSSR count). The quantitative estimate of drug-likeness (QED) is 0.532. The molecule has 3 heterocycles. The van der Waals surface area contributed by atoms with Crippen molar-refractivity contribution in [1.29, 1.82) is 0 Å². The van der Waals surface area contributed by atoms with Crippen LogP contribution in [0.4, 0.5) is 0 Å². The van der Waals surface area contributed by atoms with E-state index >= 15 is 0 Å². The predicted octanol–water partition coefficient (Wildman–Crippen LogP) is 3.86. The van der Waals surface area contributed by atoms with Crippen molar-refractivity contribution in [3.8, 4) is 11.4 Å². The molecule has 0 amide bonds. The first-order chi connectivity index (χ1) is 14.0. The Labute approximate surface area is 168 Å². The van der Waals surface area contributed by atoms with Gasteiger partial charge in [0.15, 0.2) is 5.65 Å². The molecule has 0 spiro atoms. The summed E-state index contributed by atoms with van der Waals surface area (Å²) in [6, 6.07) is 1.38. The molecule has 8 heteroatoms. The number of nitrogens with one attached hydrogen (secondary N) is 1. The van der Waals surface area contributed by atoms with Gasteiger partial charge in [-0.2, -0.15) is 0 Å². The number of hydrogen-bond acceptors (Lipinski definition) is 5. The Balaban J connectivity index is 1.95. The van der Waals surface area contributed by atoms with Gasteiger partial charge in [0.1, 0.15) is 17.0 Å². The van der Waals surface area contributed by atoms with Crippen LogP contribution in [0, 0.1) is 6.92 Å². The summed E-state index contributed by atoms with van der Waals surface area (Å²) >= 11 is 0. The molecule has 8 nitrogen and oxygen atoms in total. The molecule has 0 aliphatic carbocycles. The Morgan fingerprint density at radius 2 is 1.97 bits per heavy atom. The van der Waals surface area contributed by atoms with Crippen molar-refractivity contribution >= 4 is 17.7 Å². The highest BCUT2D eigenvalue weighted by atomic mass is 16.4. The van der Waals surface area contributed by atoms with E-state index in [2.05, 4.69) is 27.0 Å². The number of nitrogens with zero attached hydrogens (tertiary/aromatic N) is 4. The summed E-state index contributed by atoms with van der Waals surface area (Å²) in [4.78, 5) is 37.2. The predicted molar refractivity (Wildman–Crippen MR) is 111 cm³/mol. The number of H-pyrrole nitrogens is 1. The van der Waals surface area contributed by atoms with E-state index in [-0.39, 0.29) is 22.5 Å². The summed E-state index contributed by atoms with van der Waals surface area (Å²) in [5, 5.41) is 12.6. The summed E-state index contributed by atoms with van der Waals surface area (Å²) in [5.41, 5.74) is 1.16. The van der Waals surface area contributed by atoms with Gasteiger partial charge in [0.2, 0.25) is 0 Å². The molecule has 152 valence electrons. The summed E-state index contributed by atoms with van der Waals surface area (Å²) in [7, 11) is 0. The Kier molecular flexibility index (Phi) is 6.54. The van der Waals surface area contributed by atoms with Crippen molar-refractivity contribution in [2.75, 3.05) is 0 Å². The van der Waals surface area contributed by atoms with Gasteiger partial charge in [-0.3, -0.25) is 19.9 Å². The molecule has 0 aromatic carbocycles. The van der Waals surface area contributed by atoms with E-state index < -0.39 is 5.97 Å². The van der Waals surface area contributed by atoms with Crippen LogP contribution < -0.4 is 5.56 Å². The zero-order chi connectivity index (χ0) is 20.8. The molecule has 0 saturated heterocycles. The van der Waals surface area contributed by atoms with Gasteiger partial charge >= 0.3 is 5.97 Å². The molecule has 0 aliphatic rings. The van der Waals surface area contributed by atoms with Crippen LogP contribution in [-0.4, -0.2) is 35.6 Å². The summed E-state index contributed by atoms with van der Waals surface area (Å²) in [5.74, 6) is -1.19. The first kappa shape index (κ1) is 20.4. The van der Waals surface area contributed by atoms with Gasteiger partial charge in [-0.1, -0.05) is 38.7 Å². The number of aryl methyl sites for hydroxylation is 1. The molecule has 0 fully saturated rings. The molecule has 2 N–H and O–H groups in total. The van der Waals surface area contributed by atoms with Crippen molar-refractivity contribution in [2.45, 2.75) is 52.4 Å². The van der Waals surface area contributed by atoms with E-state index in [9.17, 15) is 14.7 Å². The highest BCUT2D eigenvalue weighted by Crippen LogP contribution is 2.25. The fourth-order valence-corrected chi connectivity index (χ4v) is 3.24. The Morgan fingerprint density at radius 3 is 2.69 bits per heavy atom. The van der Waals surface area contributed by atoms with Gasteiger partial charge in [0, 0.05) is 18.5 Å². The number of fused-ring (bicyclic) bond motifs is 1. The minimum Gasteiger partial charge on any atom is -0.477 e. The van der Waals surface area contributed by atoms with Crippen molar-refractivity contribution in [2.24, 2.45) is 0 Å². The monoisotopic (exact) mass is 395 g/mol. The number of hydrogen-bond donors (Lipinski definition) is 2. The third kappa shape index (κ3) is 4.59. The maximum Gasteiger partial charge on any atom is 0.341 e. The number of carbonyl (C=O) groups is 1. The van der Waals surface area contributed by atoms with E-state index in [1.54, 1.807) is 13.0 Å². The van der Waals surface area contributed by atoms with Crippen LogP contribution in [0.5, 0.6) is 0 Å². The van der Waals surface area contributed by atoms with Gasteiger partial charge in [-0.25, -0.2) is 14.3 Å². The van der Waals surface area contributed by atoms with Gasteiger partial charge in [0.05, 0.1) is 11.4 Å². The van der Waals surface area contributed by atoms with Crippen LogP contribution in [0.3, 0.4) is 0 Å². The number of allylic oxidation sites excluding steroid dienone is 1. The molecular formula is C21H25N5O3. The minimum atomic E-state index is -1.19. The van der Waals surface area contributed by atoms with E-state index in [4.69, 9.17) is 0 Å². The van der Waals surface area contributed by atoms with Crippen molar-refractivity contribution in [3.05, 3.63) is 51.8 Å². The molecule has 0 aliphatic heterocycles. The zero-order valence-electron chi connectivity index (χ0n) is 16.7. The average Bonchev–Trinajstić information content (AvgIpc) is 3.08. The summed E-state index contributed by atoms with van der Waals surface area (Å²) < 4.78 is 1.13. The highest BCUT2D eigenvalue weighted by molar-refractivity contribution is 6.01. The Morgan fingerprint density at radius 1 is 1.21 bits per heavy atom.